The van der Waals surface area contributed by atoms with E-state index in [2.05, 4.69) is 79.9 Å². The second-order valence-corrected chi connectivity index (χ2v) is 11.9. The van der Waals surface area contributed by atoms with E-state index >= 15 is 0 Å². The summed E-state index contributed by atoms with van der Waals surface area (Å²) in [4.78, 5) is 20.5. The highest BCUT2D eigenvalue weighted by Crippen LogP contribution is 2.27. The highest BCUT2D eigenvalue weighted by Gasteiger charge is 2.28. The van der Waals surface area contributed by atoms with Crippen LogP contribution in [0.2, 0.25) is 0 Å². The first-order valence-electron chi connectivity index (χ1n) is 15.8. The highest BCUT2D eigenvalue weighted by atomic mass is 16.5. The van der Waals surface area contributed by atoms with Crippen LogP contribution in [-0.4, -0.2) is 50.8 Å². The summed E-state index contributed by atoms with van der Waals surface area (Å²) >= 11 is 0. The Morgan fingerprint density at radius 3 is 2.36 bits per heavy atom. The third-order valence-corrected chi connectivity index (χ3v) is 9.04. The summed E-state index contributed by atoms with van der Waals surface area (Å²) in [7, 11) is 1.68. The normalized spacial score (nSPS) is 15.8. The number of H-pyrrole nitrogens is 2. The van der Waals surface area contributed by atoms with Gasteiger partial charge in [0.15, 0.2) is 5.82 Å². The number of carbonyl (C=O) groups excluding carboxylic acids is 1. The number of methoxy groups -OCH3 is 1. The Morgan fingerprint density at radius 1 is 0.933 bits per heavy atom. The minimum atomic E-state index is -0.355. The van der Waals surface area contributed by atoms with Crippen molar-refractivity contribution in [2.45, 2.75) is 44.7 Å². The predicted molar refractivity (Wildman–Crippen MR) is 176 cm³/mol. The van der Waals surface area contributed by atoms with E-state index < -0.39 is 0 Å². The minimum absolute atomic E-state index is 0.0615. The Morgan fingerprint density at radius 2 is 1.64 bits per heavy atom. The maximum atomic E-state index is 13.7. The second kappa shape index (κ2) is 13.0. The van der Waals surface area contributed by atoms with Gasteiger partial charge in [0, 0.05) is 53.6 Å². The largest absolute Gasteiger partial charge is 0.497 e. The fraction of sp³-hybridized carbons (Fsp3) is 0.306. The summed E-state index contributed by atoms with van der Waals surface area (Å²) in [6.45, 7) is 2.24. The third-order valence-electron chi connectivity index (χ3n) is 9.04. The molecule has 1 amide bonds. The molecule has 4 N–H and O–H groups in total. The van der Waals surface area contributed by atoms with Gasteiger partial charge >= 0.3 is 0 Å². The number of aromatic nitrogens is 5. The molecule has 0 unspecified atom stereocenters. The maximum absolute atomic E-state index is 13.7. The lowest BCUT2D eigenvalue weighted by Crippen LogP contribution is -2.42. The standard InChI is InChI=1S/C36H39N7O2/c1-45-28-15-12-24(13-16-28)23-43-34(17-14-25-21-38-31-10-4-2-8-29(25)31)41-42-35(43)33(40-36(44)26-7-6-18-37-20-26)19-27-22-39-32-11-5-3-9-30(27)32/h2-5,8-13,15-16,21-22,26,33,37-39H,6-7,14,17-20,23H2,1H3,(H,40,44)/t26-,33-/m1/s1. The van der Waals surface area contributed by atoms with Crippen LogP contribution in [0.1, 0.15) is 47.2 Å². The second-order valence-electron chi connectivity index (χ2n) is 11.9. The average Bonchev–Trinajstić information content (AvgIpc) is 3.81. The number of nitrogens with one attached hydrogen (secondary N) is 4. The van der Waals surface area contributed by atoms with Crippen molar-refractivity contribution >= 4 is 27.7 Å². The van der Waals surface area contributed by atoms with E-state index in [1.165, 1.54) is 10.9 Å². The lowest BCUT2D eigenvalue weighted by molar-refractivity contribution is -0.126. The zero-order chi connectivity index (χ0) is 30.6. The zero-order valence-corrected chi connectivity index (χ0v) is 25.6. The van der Waals surface area contributed by atoms with Crippen LogP contribution in [0, 0.1) is 5.92 Å². The van der Waals surface area contributed by atoms with Crippen molar-refractivity contribution in [1.29, 1.82) is 0 Å². The number of hydrogen-bond acceptors (Lipinski definition) is 5. The van der Waals surface area contributed by atoms with Gasteiger partial charge in [-0.05, 0) is 66.8 Å². The molecule has 0 spiro atoms. The smallest absolute Gasteiger partial charge is 0.224 e. The Labute approximate surface area is 262 Å². The number of fused-ring (bicyclic) bond motifs is 2. The number of rotatable bonds is 11. The molecule has 0 bridgehead atoms. The lowest BCUT2D eigenvalue weighted by Gasteiger charge is -2.26. The fourth-order valence-corrected chi connectivity index (χ4v) is 6.56. The number of aromatic amines is 2. The van der Waals surface area contributed by atoms with Crippen molar-refractivity contribution in [2.75, 3.05) is 20.2 Å². The number of nitrogens with zero attached hydrogens (tertiary/aromatic N) is 3. The van der Waals surface area contributed by atoms with Crippen LogP contribution in [0.5, 0.6) is 5.75 Å². The van der Waals surface area contributed by atoms with Crippen molar-refractivity contribution in [1.82, 2.24) is 35.4 Å². The number of benzene rings is 3. The van der Waals surface area contributed by atoms with E-state index in [9.17, 15) is 4.79 Å². The van der Waals surface area contributed by atoms with E-state index in [0.717, 1.165) is 70.8 Å². The molecule has 9 nitrogen and oxygen atoms in total. The van der Waals surface area contributed by atoms with Gasteiger partial charge in [-0.1, -0.05) is 48.5 Å². The van der Waals surface area contributed by atoms with E-state index in [0.29, 0.717) is 25.9 Å². The van der Waals surface area contributed by atoms with Gasteiger partial charge < -0.3 is 29.9 Å². The summed E-state index contributed by atoms with van der Waals surface area (Å²) in [5, 5.41) is 18.8. The molecule has 0 saturated carbocycles. The molecule has 0 aliphatic carbocycles. The average molecular weight is 602 g/mol. The molecule has 3 aromatic carbocycles. The summed E-state index contributed by atoms with van der Waals surface area (Å²) in [5.74, 6) is 2.47. The number of para-hydroxylation sites is 2. The molecule has 3 aromatic heterocycles. The van der Waals surface area contributed by atoms with Crippen molar-refractivity contribution in [3.05, 3.63) is 114 Å². The number of carbonyl (C=O) groups is 1. The molecule has 6 aromatic rings. The van der Waals surface area contributed by atoms with Gasteiger partial charge in [-0.3, -0.25) is 4.79 Å². The van der Waals surface area contributed by atoms with Crippen molar-refractivity contribution in [2.24, 2.45) is 5.92 Å². The number of piperidine rings is 1. The van der Waals surface area contributed by atoms with Gasteiger partial charge in [-0.2, -0.15) is 0 Å². The predicted octanol–water partition coefficient (Wildman–Crippen LogP) is 5.48. The van der Waals surface area contributed by atoms with Gasteiger partial charge in [0.2, 0.25) is 5.91 Å². The maximum Gasteiger partial charge on any atom is 0.224 e. The zero-order valence-electron chi connectivity index (χ0n) is 25.6. The summed E-state index contributed by atoms with van der Waals surface area (Å²) in [5.41, 5.74) is 5.70. The van der Waals surface area contributed by atoms with Gasteiger partial charge in [0.25, 0.3) is 0 Å². The molecule has 230 valence electrons. The first-order valence-corrected chi connectivity index (χ1v) is 15.8. The summed E-state index contributed by atoms with van der Waals surface area (Å²) < 4.78 is 7.61. The molecule has 1 aliphatic heterocycles. The molecule has 0 radical (unpaired) electrons. The first-order chi connectivity index (χ1) is 22.2. The first kappa shape index (κ1) is 28.9. The Bertz CT molecular complexity index is 1900. The molecule has 45 heavy (non-hydrogen) atoms. The number of ether oxygens (including phenoxy) is 1. The van der Waals surface area contributed by atoms with Crippen molar-refractivity contribution in [3.63, 3.8) is 0 Å². The molecule has 1 fully saturated rings. The van der Waals surface area contributed by atoms with Crippen LogP contribution in [0.15, 0.2) is 85.2 Å². The molecule has 7 rings (SSSR count). The number of amides is 1. The van der Waals surface area contributed by atoms with Crippen LogP contribution in [0.25, 0.3) is 21.8 Å². The molecular weight excluding hydrogens is 562 g/mol. The Hall–Kier alpha value is -4.89. The molecule has 1 saturated heterocycles. The molecule has 1 aliphatic rings. The van der Waals surface area contributed by atoms with Crippen molar-refractivity contribution < 1.29 is 9.53 Å². The summed E-state index contributed by atoms with van der Waals surface area (Å²) in [6.07, 6.45) is 8.15. The number of aryl methyl sites for hydroxylation is 2. The molecule has 2 atom stereocenters. The van der Waals surface area contributed by atoms with Crippen LogP contribution in [-0.2, 0) is 30.6 Å². The van der Waals surface area contributed by atoms with E-state index in [-0.39, 0.29) is 17.9 Å². The van der Waals surface area contributed by atoms with E-state index in [4.69, 9.17) is 14.9 Å². The topological polar surface area (TPSA) is 113 Å². The monoisotopic (exact) mass is 601 g/mol. The van der Waals surface area contributed by atoms with Gasteiger partial charge in [-0.15, -0.1) is 10.2 Å². The molecule has 9 heteroatoms. The Balaban J connectivity index is 1.25. The SMILES string of the molecule is COc1ccc(Cn2c(CCc3c[nH]c4ccccc34)nnc2[C@@H](Cc2c[nH]c3ccccc23)NC(=O)[C@@H]2CCCNC2)cc1. The van der Waals surface area contributed by atoms with Crippen LogP contribution in [0.3, 0.4) is 0 Å². The summed E-state index contributed by atoms with van der Waals surface area (Å²) in [6, 6.07) is 24.4. The fourth-order valence-electron chi connectivity index (χ4n) is 6.56. The molecule has 4 heterocycles. The van der Waals surface area contributed by atoms with E-state index in [1.807, 2.05) is 30.5 Å². The van der Waals surface area contributed by atoms with Crippen LogP contribution in [0.4, 0.5) is 0 Å². The molecular formula is C36H39N7O2. The van der Waals surface area contributed by atoms with Crippen LogP contribution < -0.4 is 15.4 Å². The van der Waals surface area contributed by atoms with Gasteiger partial charge in [0.1, 0.15) is 11.6 Å². The minimum Gasteiger partial charge on any atom is -0.497 e. The lowest BCUT2D eigenvalue weighted by atomic mass is 9.97. The van der Waals surface area contributed by atoms with Gasteiger partial charge in [-0.25, -0.2) is 0 Å². The van der Waals surface area contributed by atoms with Gasteiger partial charge in [0.05, 0.1) is 25.6 Å². The quantitative estimate of drug-likeness (QED) is 0.157. The van der Waals surface area contributed by atoms with E-state index in [1.54, 1.807) is 7.11 Å². The number of hydrogen-bond donors (Lipinski definition) is 4. The third kappa shape index (κ3) is 6.21. The van der Waals surface area contributed by atoms with Crippen molar-refractivity contribution in [3.8, 4) is 5.75 Å². The Kier molecular flexibility index (Phi) is 8.33. The van der Waals surface area contributed by atoms with Crippen LogP contribution >= 0.6 is 0 Å². The highest BCUT2D eigenvalue weighted by molar-refractivity contribution is 5.84.